The number of benzene rings is 2. The smallest absolute Gasteiger partial charge is 0.302 e. The van der Waals surface area contributed by atoms with Gasteiger partial charge in [0.15, 0.2) is 0 Å². The molecule has 9 heteroatoms. The van der Waals surface area contributed by atoms with Crippen molar-refractivity contribution in [3.8, 4) is 0 Å². The van der Waals surface area contributed by atoms with Crippen LogP contribution in [0.1, 0.15) is 29.8 Å². The first-order chi connectivity index (χ1) is 13.5. The Hall–Kier alpha value is -2.52. The van der Waals surface area contributed by atoms with Crippen molar-refractivity contribution in [3.05, 3.63) is 59.9 Å². The number of rotatable bonds is 3. The zero-order chi connectivity index (χ0) is 20.1. The molecule has 0 spiro atoms. The van der Waals surface area contributed by atoms with Crippen LogP contribution in [0.25, 0.3) is 21.8 Å². The number of nitrogens with one attached hydrogen (secondary N) is 1. The van der Waals surface area contributed by atoms with E-state index in [-0.39, 0.29) is 35.5 Å². The maximum absolute atomic E-state index is 11.3. The van der Waals surface area contributed by atoms with E-state index < -0.39 is 0 Å². The number of carbonyl (C=O) groups excluding carboxylic acids is 2. The number of alkyl halides is 1. The Morgan fingerprint density at radius 2 is 1.79 bits per heavy atom. The second-order valence-corrected chi connectivity index (χ2v) is 6.65. The van der Waals surface area contributed by atoms with E-state index >= 15 is 0 Å². The number of halogens is 2. The molecule has 4 aromatic rings. The number of aromatic nitrogens is 4. The average molecular weight is 524 g/mol. The minimum atomic E-state index is -0.332. The average Bonchev–Trinajstić information content (AvgIpc) is 3.33. The van der Waals surface area contributed by atoms with Gasteiger partial charge in [-0.25, -0.2) is 4.68 Å². The number of hydrogen-bond acceptors (Lipinski definition) is 5. The third-order valence-electron chi connectivity index (χ3n) is 4.15. The summed E-state index contributed by atoms with van der Waals surface area (Å²) >= 11 is 3.42. The van der Waals surface area contributed by atoms with Crippen LogP contribution in [0.4, 0.5) is 0 Å². The molecule has 2 aromatic heterocycles. The Labute approximate surface area is 186 Å². The van der Waals surface area contributed by atoms with Crippen LogP contribution in [0, 0.1) is 0 Å². The van der Waals surface area contributed by atoms with Crippen LogP contribution in [0.15, 0.2) is 48.8 Å². The van der Waals surface area contributed by atoms with E-state index in [2.05, 4.69) is 37.3 Å². The van der Waals surface area contributed by atoms with Gasteiger partial charge in [-0.3, -0.25) is 14.7 Å². The Morgan fingerprint density at radius 3 is 2.48 bits per heavy atom. The molecular formula is C20H20Br2N4O3. The molecule has 4 rings (SSSR count). The van der Waals surface area contributed by atoms with E-state index in [1.807, 2.05) is 30.5 Å². The second kappa shape index (κ2) is 10.3. The van der Waals surface area contributed by atoms with E-state index in [0.717, 1.165) is 27.3 Å². The van der Waals surface area contributed by atoms with Gasteiger partial charge in [-0.05, 0) is 17.7 Å². The van der Waals surface area contributed by atoms with Gasteiger partial charge in [-0.1, -0.05) is 40.2 Å². The van der Waals surface area contributed by atoms with Crippen molar-refractivity contribution in [1.82, 2.24) is 20.0 Å². The molecular weight excluding hydrogens is 504 g/mol. The predicted molar refractivity (Wildman–Crippen MR) is 121 cm³/mol. The fourth-order valence-corrected chi connectivity index (χ4v) is 3.30. The first-order valence-corrected chi connectivity index (χ1v) is 9.70. The van der Waals surface area contributed by atoms with E-state index in [0.29, 0.717) is 0 Å². The monoisotopic (exact) mass is 522 g/mol. The predicted octanol–water partition coefficient (Wildman–Crippen LogP) is 4.80. The molecule has 0 fully saturated rings. The minimum Gasteiger partial charge on any atom is -0.461 e. The van der Waals surface area contributed by atoms with Crippen LogP contribution < -0.4 is 0 Å². The molecule has 2 aromatic carbocycles. The normalized spacial score (nSPS) is 10.2. The zero-order valence-corrected chi connectivity index (χ0v) is 19.2. The Morgan fingerprint density at radius 1 is 1.07 bits per heavy atom. The summed E-state index contributed by atoms with van der Waals surface area (Å²) in [5.41, 5.74) is 3.94. The number of carbonyl (C=O) groups is 2. The summed E-state index contributed by atoms with van der Waals surface area (Å²) in [7, 11) is 0. The summed E-state index contributed by atoms with van der Waals surface area (Å²) in [4.78, 5) is 22.1. The number of esters is 1. The van der Waals surface area contributed by atoms with Gasteiger partial charge in [0.25, 0.3) is 0 Å². The first kappa shape index (κ1) is 22.8. The van der Waals surface area contributed by atoms with Gasteiger partial charge >= 0.3 is 5.97 Å². The third kappa shape index (κ3) is 5.30. The van der Waals surface area contributed by atoms with Crippen molar-refractivity contribution in [1.29, 1.82) is 0 Å². The molecule has 0 amide bonds. The summed E-state index contributed by atoms with van der Waals surface area (Å²) in [6.07, 6.45) is 3.46. The third-order valence-corrected chi connectivity index (χ3v) is 4.76. The van der Waals surface area contributed by atoms with E-state index in [4.69, 9.17) is 4.74 Å². The van der Waals surface area contributed by atoms with Gasteiger partial charge in [0.05, 0.1) is 23.4 Å². The molecule has 7 nitrogen and oxygen atoms in total. The van der Waals surface area contributed by atoms with Crippen LogP contribution in [-0.2, 0) is 21.5 Å². The zero-order valence-electron chi connectivity index (χ0n) is 15.9. The maximum Gasteiger partial charge on any atom is 0.302 e. The standard InChI is InChI=1S/C12H12N2O3.C8H7BrN2.BrH/c1-8(15)14-12-5-3-4-10(7-17-9(2)16)11(12)6-13-14;9-4-6-2-1-3-8-7(6)5-10-11-8;/h3-6H,7H2,1-2H3;1-3,5H,4H2,(H,10,11);1H. The first-order valence-electron chi connectivity index (χ1n) is 8.58. The van der Waals surface area contributed by atoms with Crippen molar-refractivity contribution < 1.29 is 14.3 Å². The maximum atomic E-state index is 11.3. The number of H-pyrrole nitrogens is 1. The highest BCUT2D eigenvalue weighted by molar-refractivity contribution is 9.08. The molecule has 0 saturated heterocycles. The van der Waals surface area contributed by atoms with Gasteiger partial charge in [0.2, 0.25) is 5.91 Å². The number of nitrogens with zero attached hydrogens (tertiary/aromatic N) is 3. The highest BCUT2D eigenvalue weighted by Gasteiger charge is 2.10. The number of hydrogen-bond donors (Lipinski definition) is 1. The summed E-state index contributed by atoms with van der Waals surface area (Å²) in [5.74, 6) is -0.481. The van der Waals surface area contributed by atoms with Gasteiger partial charge < -0.3 is 4.74 Å². The lowest BCUT2D eigenvalue weighted by atomic mass is 10.1. The lowest BCUT2D eigenvalue weighted by molar-refractivity contribution is -0.142. The summed E-state index contributed by atoms with van der Waals surface area (Å²) in [6, 6.07) is 11.6. The van der Waals surface area contributed by atoms with Crippen molar-refractivity contribution in [2.45, 2.75) is 25.8 Å². The molecule has 0 saturated carbocycles. The van der Waals surface area contributed by atoms with Crippen LogP contribution in [0.3, 0.4) is 0 Å². The largest absolute Gasteiger partial charge is 0.461 e. The Balaban J connectivity index is 0.000000217. The Bertz CT molecular complexity index is 1140. The van der Waals surface area contributed by atoms with Gasteiger partial charge in [-0.2, -0.15) is 10.2 Å². The van der Waals surface area contributed by atoms with Crippen molar-refractivity contribution in [2.75, 3.05) is 0 Å². The quantitative estimate of drug-likeness (QED) is 0.308. The van der Waals surface area contributed by atoms with E-state index in [1.54, 1.807) is 12.3 Å². The number of aromatic amines is 1. The second-order valence-electron chi connectivity index (χ2n) is 6.09. The lowest BCUT2D eigenvalue weighted by Crippen LogP contribution is -2.06. The van der Waals surface area contributed by atoms with E-state index in [1.165, 1.54) is 29.5 Å². The number of fused-ring (bicyclic) bond motifs is 2. The molecule has 0 radical (unpaired) electrons. The van der Waals surface area contributed by atoms with Crippen LogP contribution >= 0.6 is 32.9 Å². The SMILES string of the molecule is Br.BrCc1cccc2[nH]ncc12.CC(=O)OCc1cccc2c1cnn2C(C)=O. The molecule has 0 atom stereocenters. The highest BCUT2D eigenvalue weighted by atomic mass is 79.9. The lowest BCUT2D eigenvalue weighted by Gasteiger charge is -2.03. The van der Waals surface area contributed by atoms with Gasteiger partial charge in [0, 0.05) is 35.5 Å². The van der Waals surface area contributed by atoms with Crippen molar-refractivity contribution in [3.63, 3.8) is 0 Å². The topological polar surface area (TPSA) is 89.9 Å². The molecule has 0 aliphatic carbocycles. The molecule has 0 bridgehead atoms. The van der Waals surface area contributed by atoms with Crippen molar-refractivity contribution >= 4 is 66.6 Å². The Kier molecular flexibility index (Phi) is 8.10. The summed E-state index contributed by atoms with van der Waals surface area (Å²) in [5, 5.41) is 13.8. The fraction of sp³-hybridized carbons (Fsp3) is 0.200. The molecule has 2 heterocycles. The molecule has 29 heavy (non-hydrogen) atoms. The van der Waals surface area contributed by atoms with Gasteiger partial charge in [-0.15, -0.1) is 17.0 Å². The fourth-order valence-electron chi connectivity index (χ4n) is 2.81. The molecule has 0 aliphatic rings. The summed E-state index contributed by atoms with van der Waals surface area (Å²) < 4.78 is 6.27. The molecule has 152 valence electrons. The van der Waals surface area contributed by atoms with Crippen molar-refractivity contribution in [2.24, 2.45) is 0 Å². The highest BCUT2D eigenvalue weighted by Crippen LogP contribution is 2.19. The molecule has 1 N–H and O–H groups in total. The number of ether oxygens (including phenoxy) is 1. The minimum absolute atomic E-state index is 0. The summed E-state index contributed by atoms with van der Waals surface area (Å²) in [6.45, 7) is 3.00. The molecule has 0 aliphatic heterocycles. The van der Waals surface area contributed by atoms with Crippen LogP contribution in [0.5, 0.6) is 0 Å². The molecule has 0 unspecified atom stereocenters. The van der Waals surface area contributed by atoms with Crippen LogP contribution in [-0.4, -0.2) is 31.9 Å². The van der Waals surface area contributed by atoms with Gasteiger partial charge in [0.1, 0.15) is 6.61 Å². The van der Waals surface area contributed by atoms with Crippen LogP contribution in [0.2, 0.25) is 0 Å². The van der Waals surface area contributed by atoms with E-state index in [9.17, 15) is 9.59 Å².